The normalized spacial score (nSPS) is 10.6. The number of carbonyl (C=O) groups excluding carboxylic acids is 1. The zero-order valence-corrected chi connectivity index (χ0v) is 12.6. The van der Waals surface area contributed by atoms with Gasteiger partial charge in [-0.15, -0.1) is 0 Å². The molecule has 0 unspecified atom stereocenters. The highest BCUT2D eigenvalue weighted by atomic mass is 35.5. The molecule has 0 saturated heterocycles. The van der Waals surface area contributed by atoms with Crippen molar-refractivity contribution in [3.8, 4) is 0 Å². The Labute approximate surface area is 124 Å². The lowest BCUT2D eigenvalue weighted by Crippen LogP contribution is -2.38. The number of aliphatic carboxylic acids is 1. The molecule has 0 aliphatic carbocycles. The lowest BCUT2D eigenvalue weighted by molar-refractivity contribution is -0.144. The fourth-order valence-electron chi connectivity index (χ4n) is 1.92. The number of benzene rings is 1. The first kappa shape index (κ1) is 16.5. The smallest absolute Gasteiger partial charge is 0.323 e. The number of hydrogen-bond acceptors (Lipinski definition) is 2. The van der Waals surface area contributed by atoms with Crippen LogP contribution in [0.5, 0.6) is 0 Å². The standard InChI is InChI=1S/C15H20ClNO3/c1-11(2)9-17(10-15(19)20)14(18)8-5-12-3-6-13(16)7-4-12/h3-4,6-7,11H,5,8-10H2,1-2H3,(H,19,20). The van der Waals surface area contributed by atoms with E-state index in [1.54, 1.807) is 12.1 Å². The van der Waals surface area contributed by atoms with Gasteiger partial charge in [-0.3, -0.25) is 9.59 Å². The second-order valence-corrected chi connectivity index (χ2v) is 5.62. The van der Waals surface area contributed by atoms with Crippen LogP contribution < -0.4 is 0 Å². The second kappa shape index (κ2) is 7.90. The summed E-state index contributed by atoms with van der Waals surface area (Å²) in [5.41, 5.74) is 1.02. The highest BCUT2D eigenvalue weighted by Crippen LogP contribution is 2.12. The van der Waals surface area contributed by atoms with E-state index in [0.29, 0.717) is 24.4 Å². The fraction of sp³-hybridized carbons (Fsp3) is 0.467. The van der Waals surface area contributed by atoms with Gasteiger partial charge in [0, 0.05) is 18.0 Å². The second-order valence-electron chi connectivity index (χ2n) is 5.19. The van der Waals surface area contributed by atoms with Crippen molar-refractivity contribution >= 4 is 23.5 Å². The quantitative estimate of drug-likeness (QED) is 0.842. The number of carboxylic acids is 1. The minimum Gasteiger partial charge on any atom is -0.480 e. The summed E-state index contributed by atoms with van der Waals surface area (Å²) in [6.07, 6.45) is 0.895. The lowest BCUT2D eigenvalue weighted by atomic mass is 10.1. The van der Waals surface area contributed by atoms with Crippen molar-refractivity contribution in [3.63, 3.8) is 0 Å². The first-order valence-electron chi connectivity index (χ1n) is 6.62. The van der Waals surface area contributed by atoms with Crippen LogP contribution in [0.25, 0.3) is 0 Å². The van der Waals surface area contributed by atoms with Crippen LogP contribution in [-0.4, -0.2) is 35.0 Å². The number of halogens is 1. The molecule has 0 radical (unpaired) electrons. The minimum absolute atomic E-state index is 0.129. The molecule has 0 heterocycles. The Morgan fingerprint density at radius 1 is 1.25 bits per heavy atom. The molecule has 20 heavy (non-hydrogen) atoms. The Hall–Kier alpha value is -1.55. The molecule has 0 aliphatic heterocycles. The van der Waals surface area contributed by atoms with Crippen molar-refractivity contribution in [2.24, 2.45) is 5.92 Å². The van der Waals surface area contributed by atoms with Crippen molar-refractivity contribution in [2.75, 3.05) is 13.1 Å². The number of carboxylic acid groups (broad SMARTS) is 1. The molecule has 1 N–H and O–H groups in total. The summed E-state index contributed by atoms with van der Waals surface area (Å²) in [5, 5.41) is 9.51. The van der Waals surface area contributed by atoms with E-state index in [1.165, 1.54) is 4.90 Å². The van der Waals surface area contributed by atoms with Gasteiger partial charge in [-0.05, 0) is 30.0 Å². The highest BCUT2D eigenvalue weighted by Gasteiger charge is 2.17. The van der Waals surface area contributed by atoms with Crippen LogP contribution in [0.4, 0.5) is 0 Å². The molecule has 0 atom stereocenters. The molecule has 0 spiro atoms. The monoisotopic (exact) mass is 297 g/mol. The molecule has 0 saturated carbocycles. The van der Waals surface area contributed by atoms with Crippen LogP contribution in [0.2, 0.25) is 5.02 Å². The van der Waals surface area contributed by atoms with Crippen LogP contribution in [-0.2, 0) is 16.0 Å². The molecular weight excluding hydrogens is 278 g/mol. The molecular formula is C15H20ClNO3. The van der Waals surface area contributed by atoms with Crippen molar-refractivity contribution < 1.29 is 14.7 Å². The van der Waals surface area contributed by atoms with Gasteiger partial charge in [0.15, 0.2) is 0 Å². The van der Waals surface area contributed by atoms with Gasteiger partial charge in [-0.2, -0.15) is 0 Å². The predicted octanol–water partition coefficient (Wildman–Crippen LogP) is 2.84. The molecule has 1 aromatic rings. The summed E-state index contributed by atoms with van der Waals surface area (Å²) in [4.78, 5) is 24.3. The Bertz CT molecular complexity index is 457. The van der Waals surface area contributed by atoms with Gasteiger partial charge in [0.2, 0.25) is 5.91 Å². The van der Waals surface area contributed by atoms with Gasteiger partial charge in [0.25, 0.3) is 0 Å². The van der Waals surface area contributed by atoms with E-state index in [0.717, 1.165) is 5.56 Å². The van der Waals surface area contributed by atoms with Gasteiger partial charge in [-0.1, -0.05) is 37.6 Å². The van der Waals surface area contributed by atoms with E-state index in [4.69, 9.17) is 16.7 Å². The molecule has 0 bridgehead atoms. The third-order valence-electron chi connectivity index (χ3n) is 2.81. The zero-order chi connectivity index (χ0) is 15.1. The van der Waals surface area contributed by atoms with Crippen molar-refractivity contribution in [2.45, 2.75) is 26.7 Å². The van der Waals surface area contributed by atoms with Crippen molar-refractivity contribution in [1.29, 1.82) is 0 Å². The largest absolute Gasteiger partial charge is 0.480 e. The Kier molecular flexibility index (Phi) is 6.52. The topological polar surface area (TPSA) is 57.6 Å². The number of carbonyl (C=O) groups is 2. The van der Waals surface area contributed by atoms with Crippen LogP contribution in [0, 0.1) is 5.92 Å². The van der Waals surface area contributed by atoms with E-state index in [1.807, 2.05) is 26.0 Å². The van der Waals surface area contributed by atoms with E-state index in [9.17, 15) is 9.59 Å². The first-order valence-corrected chi connectivity index (χ1v) is 7.00. The highest BCUT2D eigenvalue weighted by molar-refractivity contribution is 6.30. The molecule has 110 valence electrons. The Balaban J connectivity index is 2.56. The molecule has 5 heteroatoms. The summed E-state index contributed by atoms with van der Waals surface area (Å²) >= 11 is 5.80. The van der Waals surface area contributed by atoms with Crippen LogP contribution in [0.3, 0.4) is 0 Å². The van der Waals surface area contributed by atoms with Gasteiger partial charge in [0.05, 0.1) is 0 Å². The maximum Gasteiger partial charge on any atom is 0.323 e. The van der Waals surface area contributed by atoms with Gasteiger partial charge < -0.3 is 10.0 Å². The zero-order valence-electron chi connectivity index (χ0n) is 11.8. The third kappa shape index (κ3) is 6.06. The summed E-state index contributed by atoms with van der Waals surface area (Å²) in [6.45, 7) is 4.14. The van der Waals surface area contributed by atoms with Gasteiger partial charge in [0.1, 0.15) is 6.54 Å². The Morgan fingerprint density at radius 2 is 1.85 bits per heavy atom. The number of hydrogen-bond donors (Lipinski definition) is 1. The molecule has 4 nitrogen and oxygen atoms in total. The average molecular weight is 298 g/mol. The molecule has 1 rings (SSSR count). The van der Waals surface area contributed by atoms with Gasteiger partial charge in [-0.25, -0.2) is 0 Å². The lowest BCUT2D eigenvalue weighted by Gasteiger charge is -2.22. The maximum atomic E-state index is 12.1. The summed E-state index contributed by atoms with van der Waals surface area (Å²) < 4.78 is 0. The molecule has 1 aromatic carbocycles. The molecule has 0 aliphatic rings. The molecule has 1 amide bonds. The van der Waals surface area contributed by atoms with Gasteiger partial charge >= 0.3 is 5.97 Å². The minimum atomic E-state index is -0.981. The molecule has 0 aromatic heterocycles. The number of nitrogens with zero attached hydrogens (tertiary/aromatic N) is 1. The SMILES string of the molecule is CC(C)CN(CC(=O)O)C(=O)CCc1ccc(Cl)cc1. The average Bonchev–Trinajstić information content (AvgIpc) is 2.36. The molecule has 0 fully saturated rings. The van der Waals surface area contributed by atoms with Crippen LogP contribution in [0.1, 0.15) is 25.8 Å². The summed E-state index contributed by atoms with van der Waals surface area (Å²) in [5.74, 6) is -0.865. The van der Waals surface area contributed by atoms with Crippen molar-refractivity contribution in [1.82, 2.24) is 4.90 Å². The Morgan fingerprint density at radius 3 is 2.35 bits per heavy atom. The summed E-state index contributed by atoms with van der Waals surface area (Å²) in [7, 11) is 0. The maximum absolute atomic E-state index is 12.1. The van der Waals surface area contributed by atoms with Crippen molar-refractivity contribution in [3.05, 3.63) is 34.9 Å². The number of amides is 1. The van der Waals surface area contributed by atoms with Crippen LogP contribution >= 0.6 is 11.6 Å². The third-order valence-corrected chi connectivity index (χ3v) is 3.06. The number of aryl methyl sites for hydroxylation is 1. The fourth-order valence-corrected chi connectivity index (χ4v) is 2.05. The van der Waals surface area contributed by atoms with E-state index in [-0.39, 0.29) is 18.4 Å². The van der Waals surface area contributed by atoms with E-state index in [2.05, 4.69) is 0 Å². The first-order chi connectivity index (χ1) is 9.38. The van der Waals surface area contributed by atoms with E-state index >= 15 is 0 Å². The predicted molar refractivity (Wildman–Crippen MR) is 78.8 cm³/mol. The number of rotatable bonds is 7. The van der Waals surface area contributed by atoms with Crippen LogP contribution in [0.15, 0.2) is 24.3 Å². The van der Waals surface area contributed by atoms with E-state index < -0.39 is 5.97 Å². The summed E-state index contributed by atoms with van der Waals surface area (Å²) in [6, 6.07) is 7.31.